The van der Waals surface area contributed by atoms with Crippen LogP contribution in [0.5, 0.6) is 0 Å². The van der Waals surface area contributed by atoms with Crippen molar-refractivity contribution in [1.29, 1.82) is 0 Å². The van der Waals surface area contributed by atoms with Crippen molar-refractivity contribution in [3.05, 3.63) is 6.33 Å². The summed E-state index contributed by atoms with van der Waals surface area (Å²) in [5.74, 6) is 0.976. The second kappa shape index (κ2) is 4.11. The van der Waals surface area contributed by atoms with Crippen LogP contribution in [0.4, 0.5) is 0 Å². The van der Waals surface area contributed by atoms with E-state index in [1.165, 1.54) is 18.1 Å². The van der Waals surface area contributed by atoms with Gasteiger partial charge in [0.05, 0.1) is 5.60 Å². The number of aryl methyl sites for hydroxylation is 1. The Morgan fingerprint density at radius 2 is 2.47 bits per heavy atom. The van der Waals surface area contributed by atoms with Crippen LogP contribution in [-0.4, -0.2) is 37.8 Å². The fraction of sp³-hybridized carbons (Fsp3) is 0.778. The molecule has 1 atom stereocenters. The highest BCUT2D eigenvalue weighted by Gasteiger charge is 2.42. The zero-order valence-corrected chi connectivity index (χ0v) is 9.57. The summed E-state index contributed by atoms with van der Waals surface area (Å²) in [6.07, 6.45) is 3.70. The summed E-state index contributed by atoms with van der Waals surface area (Å²) in [7, 11) is 1.84. The lowest BCUT2D eigenvalue weighted by atomic mass is 10.0. The van der Waals surface area contributed by atoms with Gasteiger partial charge in [0.15, 0.2) is 5.16 Å². The second-order valence-electron chi connectivity index (χ2n) is 4.04. The van der Waals surface area contributed by atoms with Crippen molar-refractivity contribution in [2.45, 2.75) is 23.6 Å². The van der Waals surface area contributed by atoms with Crippen LogP contribution in [-0.2, 0) is 7.05 Å². The van der Waals surface area contributed by atoms with E-state index in [2.05, 4.69) is 10.1 Å². The minimum atomic E-state index is -0.726. The molecule has 0 aromatic carbocycles. The van der Waals surface area contributed by atoms with E-state index in [-0.39, 0.29) is 0 Å². The van der Waals surface area contributed by atoms with Crippen LogP contribution in [0.3, 0.4) is 0 Å². The smallest absolute Gasteiger partial charge is 0.185 e. The molecule has 84 valence electrons. The Labute approximate surface area is 93.1 Å². The van der Waals surface area contributed by atoms with E-state index in [0.29, 0.717) is 18.2 Å². The van der Waals surface area contributed by atoms with Crippen LogP contribution < -0.4 is 5.73 Å². The third-order valence-electron chi connectivity index (χ3n) is 2.81. The van der Waals surface area contributed by atoms with Crippen LogP contribution in [0.25, 0.3) is 0 Å². The van der Waals surface area contributed by atoms with Gasteiger partial charge in [-0.05, 0) is 18.8 Å². The summed E-state index contributed by atoms with van der Waals surface area (Å²) in [5, 5.41) is 15.0. The topological polar surface area (TPSA) is 77.0 Å². The average Bonchev–Trinajstić information content (AvgIpc) is 3.01. The summed E-state index contributed by atoms with van der Waals surface area (Å²) in [4.78, 5) is 4.10. The van der Waals surface area contributed by atoms with Crippen LogP contribution in [0.15, 0.2) is 11.5 Å². The third-order valence-corrected chi connectivity index (χ3v) is 4.08. The molecule has 1 heterocycles. The lowest BCUT2D eigenvalue weighted by Crippen LogP contribution is -2.42. The van der Waals surface area contributed by atoms with Gasteiger partial charge in [0, 0.05) is 19.3 Å². The molecule has 1 unspecified atom stereocenters. The molecule has 1 aromatic heterocycles. The SMILES string of the molecule is Cn1ncnc1SCC(O)(CN)C1CC1. The third kappa shape index (κ3) is 2.32. The van der Waals surface area contributed by atoms with Gasteiger partial charge in [0.1, 0.15) is 6.33 Å². The Balaban J connectivity index is 1.94. The maximum Gasteiger partial charge on any atom is 0.185 e. The van der Waals surface area contributed by atoms with Gasteiger partial charge in [-0.15, -0.1) is 0 Å². The predicted octanol–water partition coefficient (Wildman–Crippen LogP) is 0.00700. The zero-order valence-electron chi connectivity index (χ0n) is 8.76. The van der Waals surface area contributed by atoms with Crippen molar-refractivity contribution < 1.29 is 5.11 Å². The van der Waals surface area contributed by atoms with E-state index in [4.69, 9.17) is 5.73 Å². The first-order valence-electron chi connectivity index (χ1n) is 5.05. The van der Waals surface area contributed by atoms with Gasteiger partial charge in [-0.2, -0.15) is 5.10 Å². The second-order valence-corrected chi connectivity index (χ2v) is 4.98. The molecule has 1 aliphatic carbocycles. The normalized spacial score (nSPS) is 20.2. The first-order chi connectivity index (χ1) is 7.15. The van der Waals surface area contributed by atoms with Gasteiger partial charge in [0.25, 0.3) is 0 Å². The number of hydrogen-bond acceptors (Lipinski definition) is 5. The molecule has 1 fully saturated rings. The largest absolute Gasteiger partial charge is 0.387 e. The first-order valence-corrected chi connectivity index (χ1v) is 6.03. The molecule has 0 spiro atoms. The molecule has 1 aromatic rings. The molecule has 3 N–H and O–H groups in total. The van der Waals surface area contributed by atoms with E-state index >= 15 is 0 Å². The Hall–Kier alpha value is -0.590. The van der Waals surface area contributed by atoms with E-state index in [0.717, 1.165) is 18.0 Å². The molecule has 0 amide bonds. The molecule has 0 aliphatic heterocycles. The van der Waals surface area contributed by atoms with Crippen LogP contribution in [0.1, 0.15) is 12.8 Å². The van der Waals surface area contributed by atoms with E-state index in [1.54, 1.807) is 4.68 Å². The highest BCUT2D eigenvalue weighted by Crippen LogP contribution is 2.41. The Kier molecular flexibility index (Phi) is 2.99. The number of nitrogens with zero attached hydrogens (tertiary/aromatic N) is 3. The summed E-state index contributed by atoms with van der Waals surface area (Å²) in [6.45, 7) is 0.322. The van der Waals surface area contributed by atoms with Gasteiger partial charge in [-0.25, -0.2) is 9.67 Å². The van der Waals surface area contributed by atoms with Crippen molar-refractivity contribution in [3.63, 3.8) is 0 Å². The Morgan fingerprint density at radius 1 is 1.73 bits per heavy atom. The molecular weight excluding hydrogens is 212 g/mol. The molecule has 0 saturated heterocycles. The van der Waals surface area contributed by atoms with Gasteiger partial charge < -0.3 is 10.8 Å². The summed E-state index contributed by atoms with van der Waals surface area (Å²) in [5.41, 5.74) is 4.89. The van der Waals surface area contributed by atoms with Gasteiger partial charge in [-0.3, -0.25) is 0 Å². The van der Waals surface area contributed by atoms with E-state index in [9.17, 15) is 5.11 Å². The average molecular weight is 228 g/mol. The molecule has 0 bridgehead atoms. The minimum Gasteiger partial charge on any atom is -0.387 e. The molecule has 1 aliphatic rings. The van der Waals surface area contributed by atoms with Gasteiger partial charge in [-0.1, -0.05) is 11.8 Å². The van der Waals surface area contributed by atoms with E-state index in [1.807, 2.05) is 7.05 Å². The van der Waals surface area contributed by atoms with Crippen molar-refractivity contribution in [1.82, 2.24) is 14.8 Å². The standard InChI is InChI=1S/C9H16N4OS/c1-13-8(11-6-12-13)15-5-9(14,4-10)7-2-3-7/h6-7,14H,2-5,10H2,1H3. The quantitative estimate of drug-likeness (QED) is 0.694. The lowest BCUT2D eigenvalue weighted by Gasteiger charge is -2.25. The van der Waals surface area contributed by atoms with Crippen molar-refractivity contribution >= 4 is 11.8 Å². The molecule has 15 heavy (non-hydrogen) atoms. The van der Waals surface area contributed by atoms with Crippen LogP contribution in [0.2, 0.25) is 0 Å². The predicted molar refractivity (Wildman–Crippen MR) is 58.5 cm³/mol. The summed E-state index contributed by atoms with van der Waals surface area (Å²) >= 11 is 1.51. The number of aromatic nitrogens is 3. The molecule has 5 nitrogen and oxygen atoms in total. The fourth-order valence-electron chi connectivity index (χ4n) is 1.57. The Morgan fingerprint density at radius 3 is 2.93 bits per heavy atom. The van der Waals surface area contributed by atoms with Crippen LogP contribution >= 0.6 is 11.8 Å². The molecule has 0 radical (unpaired) electrons. The number of hydrogen-bond donors (Lipinski definition) is 2. The highest BCUT2D eigenvalue weighted by molar-refractivity contribution is 7.99. The maximum atomic E-state index is 10.2. The van der Waals surface area contributed by atoms with Crippen LogP contribution in [0, 0.1) is 5.92 Å². The first kappa shape index (κ1) is 10.9. The molecule has 1 saturated carbocycles. The van der Waals surface area contributed by atoms with Crippen molar-refractivity contribution in [2.24, 2.45) is 18.7 Å². The number of thioether (sulfide) groups is 1. The fourth-order valence-corrected chi connectivity index (χ4v) is 2.66. The number of nitrogens with two attached hydrogens (primary N) is 1. The highest BCUT2D eigenvalue weighted by atomic mass is 32.2. The number of rotatable bonds is 5. The van der Waals surface area contributed by atoms with E-state index < -0.39 is 5.60 Å². The summed E-state index contributed by atoms with van der Waals surface area (Å²) < 4.78 is 1.70. The van der Waals surface area contributed by atoms with Crippen molar-refractivity contribution in [2.75, 3.05) is 12.3 Å². The maximum absolute atomic E-state index is 10.2. The van der Waals surface area contributed by atoms with Crippen molar-refractivity contribution in [3.8, 4) is 0 Å². The molecule has 6 heteroatoms. The minimum absolute atomic E-state index is 0.322. The molecule has 2 rings (SSSR count). The van der Waals surface area contributed by atoms with Gasteiger partial charge in [0.2, 0.25) is 0 Å². The number of aliphatic hydroxyl groups is 1. The van der Waals surface area contributed by atoms with Gasteiger partial charge >= 0.3 is 0 Å². The molecular formula is C9H16N4OS. The summed E-state index contributed by atoms with van der Waals surface area (Å²) in [6, 6.07) is 0. The monoisotopic (exact) mass is 228 g/mol. The lowest BCUT2D eigenvalue weighted by molar-refractivity contribution is 0.0509. The zero-order chi connectivity index (χ0) is 10.9. The Bertz CT molecular complexity index is 339.